The number of hydrogen-bond donors (Lipinski definition) is 2. The molecule has 2 fully saturated rings. The summed E-state index contributed by atoms with van der Waals surface area (Å²) >= 11 is 0. The third-order valence-electron chi connectivity index (χ3n) is 6.46. The average Bonchev–Trinajstić information content (AvgIpc) is 3.46. The minimum Gasteiger partial charge on any atom is -0.444 e. The first-order valence-corrected chi connectivity index (χ1v) is 12.2. The van der Waals surface area contributed by atoms with Crippen molar-refractivity contribution in [1.82, 2.24) is 15.5 Å². The number of nitrogens with one attached hydrogen (secondary N) is 2. The van der Waals surface area contributed by atoms with Gasteiger partial charge in [0.25, 0.3) is 0 Å². The van der Waals surface area contributed by atoms with E-state index in [1.165, 1.54) is 6.42 Å². The second-order valence-corrected chi connectivity index (χ2v) is 10.5. The van der Waals surface area contributed by atoms with Crippen LogP contribution in [0.25, 0.3) is 0 Å². The topological polar surface area (TPSA) is 87.7 Å². The van der Waals surface area contributed by atoms with Gasteiger partial charge in [0.2, 0.25) is 11.8 Å². The Balaban J connectivity index is 1.84. The molecule has 1 aromatic rings. The lowest BCUT2D eigenvalue weighted by molar-refractivity contribution is -0.141. The number of ether oxygens (including phenoxy) is 1. The van der Waals surface area contributed by atoms with E-state index >= 15 is 0 Å². The van der Waals surface area contributed by atoms with Gasteiger partial charge < -0.3 is 20.3 Å². The number of nitrogens with zero attached hydrogens (tertiary/aromatic N) is 1. The fourth-order valence-corrected chi connectivity index (χ4v) is 4.60. The van der Waals surface area contributed by atoms with E-state index in [9.17, 15) is 14.4 Å². The Morgan fingerprint density at radius 2 is 1.76 bits per heavy atom. The van der Waals surface area contributed by atoms with E-state index in [0.29, 0.717) is 5.92 Å². The minimum absolute atomic E-state index is 0.0281. The van der Waals surface area contributed by atoms with Crippen LogP contribution in [0.5, 0.6) is 0 Å². The van der Waals surface area contributed by atoms with Gasteiger partial charge in [-0.15, -0.1) is 0 Å². The number of alkyl carbamates (subject to hydrolysis) is 1. The van der Waals surface area contributed by atoms with Gasteiger partial charge in [-0.05, 0) is 64.0 Å². The van der Waals surface area contributed by atoms with Crippen molar-refractivity contribution >= 4 is 17.9 Å². The molecule has 182 valence electrons. The number of amides is 3. The van der Waals surface area contributed by atoms with Gasteiger partial charge in [0.15, 0.2) is 0 Å². The molecule has 2 saturated carbocycles. The van der Waals surface area contributed by atoms with Crippen LogP contribution in [-0.2, 0) is 14.3 Å². The van der Waals surface area contributed by atoms with Crippen LogP contribution in [0, 0.1) is 12.8 Å². The minimum atomic E-state index is -0.726. The first-order chi connectivity index (χ1) is 15.6. The number of benzene rings is 1. The molecule has 3 atom stereocenters. The van der Waals surface area contributed by atoms with Crippen molar-refractivity contribution in [3.05, 3.63) is 35.4 Å². The molecule has 0 heterocycles. The van der Waals surface area contributed by atoms with E-state index in [1.54, 1.807) is 25.7 Å². The van der Waals surface area contributed by atoms with Crippen LogP contribution >= 0.6 is 0 Å². The van der Waals surface area contributed by atoms with Gasteiger partial charge in [0.1, 0.15) is 18.2 Å². The SMILES string of the molecule is Cc1ccccc1C(C(=O)NC1CCCCC1)N(C(=O)CNC(=O)OC(C)(C)C)C1CC1C. The van der Waals surface area contributed by atoms with Crippen LogP contribution in [0.3, 0.4) is 0 Å². The lowest BCUT2D eigenvalue weighted by atomic mass is 9.94. The van der Waals surface area contributed by atoms with Crippen molar-refractivity contribution in [2.45, 2.75) is 96.9 Å². The van der Waals surface area contributed by atoms with Gasteiger partial charge in [0.05, 0.1) is 0 Å². The summed E-state index contributed by atoms with van der Waals surface area (Å²) in [4.78, 5) is 40.9. The second kappa shape index (κ2) is 10.6. The van der Waals surface area contributed by atoms with Crippen LogP contribution in [0.15, 0.2) is 24.3 Å². The van der Waals surface area contributed by atoms with Gasteiger partial charge in [0, 0.05) is 12.1 Å². The van der Waals surface area contributed by atoms with Crippen molar-refractivity contribution in [1.29, 1.82) is 0 Å². The van der Waals surface area contributed by atoms with Crippen molar-refractivity contribution in [2.24, 2.45) is 5.92 Å². The predicted molar refractivity (Wildman–Crippen MR) is 128 cm³/mol. The van der Waals surface area contributed by atoms with E-state index in [4.69, 9.17) is 4.74 Å². The Bertz CT molecular complexity index is 857. The highest BCUT2D eigenvalue weighted by atomic mass is 16.6. The number of aryl methyl sites for hydroxylation is 1. The largest absolute Gasteiger partial charge is 0.444 e. The molecule has 0 spiro atoms. The molecule has 0 aromatic heterocycles. The molecule has 33 heavy (non-hydrogen) atoms. The summed E-state index contributed by atoms with van der Waals surface area (Å²) in [6.07, 6.45) is 5.58. The third-order valence-corrected chi connectivity index (χ3v) is 6.46. The summed E-state index contributed by atoms with van der Waals surface area (Å²) in [6.45, 7) is 9.16. The van der Waals surface area contributed by atoms with E-state index in [-0.39, 0.29) is 30.4 Å². The molecule has 2 N–H and O–H groups in total. The van der Waals surface area contributed by atoms with Gasteiger partial charge in [-0.25, -0.2) is 4.79 Å². The summed E-state index contributed by atoms with van der Waals surface area (Å²) in [5.74, 6) is -0.104. The molecule has 2 aliphatic carbocycles. The number of carbonyl (C=O) groups is 3. The molecule has 3 unspecified atom stereocenters. The Morgan fingerprint density at radius 1 is 1.12 bits per heavy atom. The smallest absolute Gasteiger partial charge is 0.408 e. The lowest BCUT2D eigenvalue weighted by Gasteiger charge is -2.34. The molecule has 1 aromatic carbocycles. The van der Waals surface area contributed by atoms with Crippen LogP contribution in [-0.4, -0.2) is 47.0 Å². The van der Waals surface area contributed by atoms with E-state index in [1.807, 2.05) is 31.2 Å². The predicted octanol–water partition coefficient (Wildman–Crippen LogP) is 4.25. The molecule has 0 saturated heterocycles. The lowest BCUT2D eigenvalue weighted by Crippen LogP contribution is -2.51. The second-order valence-electron chi connectivity index (χ2n) is 10.5. The maximum Gasteiger partial charge on any atom is 0.408 e. The fraction of sp³-hybridized carbons (Fsp3) is 0.654. The number of rotatable bonds is 7. The Morgan fingerprint density at radius 3 is 2.33 bits per heavy atom. The van der Waals surface area contributed by atoms with Crippen LogP contribution < -0.4 is 10.6 Å². The highest BCUT2D eigenvalue weighted by Crippen LogP contribution is 2.41. The van der Waals surface area contributed by atoms with Crippen LogP contribution in [0.4, 0.5) is 4.79 Å². The number of carbonyl (C=O) groups excluding carboxylic acids is 3. The first-order valence-electron chi connectivity index (χ1n) is 12.2. The molecule has 0 radical (unpaired) electrons. The summed E-state index contributed by atoms with van der Waals surface area (Å²) in [5.41, 5.74) is 1.14. The summed E-state index contributed by atoms with van der Waals surface area (Å²) in [5, 5.41) is 5.80. The van der Waals surface area contributed by atoms with Gasteiger partial charge in [-0.3, -0.25) is 9.59 Å². The quantitative estimate of drug-likeness (QED) is 0.641. The Labute approximate surface area is 197 Å². The molecular weight excluding hydrogens is 418 g/mol. The average molecular weight is 458 g/mol. The molecule has 0 bridgehead atoms. The Kier molecular flexibility index (Phi) is 8.03. The molecule has 3 amide bonds. The van der Waals surface area contributed by atoms with Crippen LogP contribution in [0.2, 0.25) is 0 Å². The summed E-state index contributed by atoms with van der Waals surface area (Å²) < 4.78 is 5.28. The zero-order valence-electron chi connectivity index (χ0n) is 20.6. The highest BCUT2D eigenvalue weighted by molar-refractivity contribution is 5.91. The molecule has 7 heteroatoms. The summed E-state index contributed by atoms with van der Waals surface area (Å²) in [6, 6.07) is 7.12. The van der Waals surface area contributed by atoms with E-state index in [0.717, 1.165) is 43.2 Å². The normalized spacial score (nSPS) is 21.6. The van der Waals surface area contributed by atoms with Gasteiger partial charge >= 0.3 is 6.09 Å². The van der Waals surface area contributed by atoms with E-state index < -0.39 is 17.7 Å². The zero-order chi connectivity index (χ0) is 24.2. The van der Waals surface area contributed by atoms with Crippen molar-refractivity contribution in [3.63, 3.8) is 0 Å². The van der Waals surface area contributed by atoms with Gasteiger partial charge in [-0.2, -0.15) is 0 Å². The van der Waals surface area contributed by atoms with Crippen molar-refractivity contribution < 1.29 is 19.1 Å². The number of hydrogen-bond acceptors (Lipinski definition) is 4. The first kappa shape index (κ1) is 25.1. The highest BCUT2D eigenvalue weighted by Gasteiger charge is 2.46. The molecule has 3 rings (SSSR count). The van der Waals surface area contributed by atoms with Crippen LogP contribution in [0.1, 0.15) is 83.4 Å². The van der Waals surface area contributed by atoms with Crippen molar-refractivity contribution in [2.75, 3.05) is 6.54 Å². The summed E-state index contributed by atoms with van der Waals surface area (Å²) in [7, 11) is 0. The standard InChI is InChI=1S/C26H39N3O4/c1-17-11-9-10-14-20(17)23(24(31)28-19-12-7-6-8-13-19)29(21-15-18(21)2)22(30)16-27-25(32)33-26(3,4)5/h9-11,14,18-19,21,23H,6-8,12-13,15-16H2,1-5H3,(H,27,32)(H,28,31). The van der Waals surface area contributed by atoms with Gasteiger partial charge in [-0.1, -0.05) is 50.5 Å². The molecule has 0 aliphatic heterocycles. The molecule has 7 nitrogen and oxygen atoms in total. The fourth-order valence-electron chi connectivity index (χ4n) is 4.60. The maximum absolute atomic E-state index is 13.7. The maximum atomic E-state index is 13.7. The molecular formula is C26H39N3O4. The van der Waals surface area contributed by atoms with Crippen molar-refractivity contribution in [3.8, 4) is 0 Å². The van der Waals surface area contributed by atoms with E-state index in [2.05, 4.69) is 17.6 Å². The zero-order valence-corrected chi connectivity index (χ0v) is 20.6. The molecule has 2 aliphatic rings. The monoisotopic (exact) mass is 457 g/mol. The third kappa shape index (κ3) is 6.95. The Hall–Kier alpha value is -2.57.